The molecule has 19 heavy (non-hydrogen) atoms. The van der Waals surface area contributed by atoms with E-state index in [-0.39, 0.29) is 11.6 Å². The fourth-order valence-corrected chi connectivity index (χ4v) is 3.28. The molecule has 0 bridgehead atoms. The Kier molecular flexibility index (Phi) is 3.25. The summed E-state index contributed by atoms with van der Waals surface area (Å²) in [6, 6.07) is 10.1. The number of benzene rings is 1. The molecule has 1 aliphatic carbocycles. The molecule has 3 nitrogen and oxygen atoms in total. The summed E-state index contributed by atoms with van der Waals surface area (Å²) >= 11 is 0. The summed E-state index contributed by atoms with van der Waals surface area (Å²) < 4.78 is 5.81. The van der Waals surface area contributed by atoms with Gasteiger partial charge in [-0.3, -0.25) is 4.98 Å². The third kappa shape index (κ3) is 2.03. The first kappa shape index (κ1) is 12.6. The van der Waals surface area contributed by atoms with Crippen LogP contribution in [-0.4, -0.2) is 17.7 Å². The van der Waals surface area contributed by atoms with Crippen molar-refractivity contribution in [3.05, 3.63) is 42.1 Å². The van der Waals surface area contributed by atoms with Gasteiger partial charge >= 0.3 is 0 Å². The number of aromatic nitrogens is 1. The Labute approximate surface area is 113 Å². The number of ether oxygens (including phenoxy) is 1. The summed E-state index contributed by atoms with van der Waals surface area (Å²) in [5, 5.41) is 1.14. The van der Waals surface area contributed by atoms with Gasteiger partial charge in [-0.25, -0.2) is 0 Å². The first-order chi connectivity index (χ1) is 9.27. The molecule has 3 heteroatoms. The third-order valence-corrected chi connectivity index (χ3v) is 4.42. The number of hydrogen-bond donors (Lipinski definition) is 1. The van der Waals surface area contributed by atoms with Crippen LogP contribution >= 0.6 is 0 Å². The van der Waals surface area contributed by atoms with E-state index in [1.54, 1.807) is 7.11 Å². The van der Waals surface area contributed by atoms with Crippen molar-refractivity contribution in [1.29, 1.82) is 0 Å². The second-order valence-corrected chi connectivity index (χ2v) is 5.38. The Hall–Kier alpha value is -1.45. The predicted octanol–water partition coefficient (Wildman–Crippen LogP) is 3.19. The Morgan fingerprint density at radius 3 is 2.68 bits per heavy atom. The second-order valence-electron chi connectivity index (χ2n) is 5.38. The lowest BCUT2D eigenvalue weighted by Crippen LogP contribution is -2.40. The lowest BCUT2D eigenvalue weighted by molar-refractivity contribution is -0.0261. The first-order valence-corrected chi connectivity index (χ1v) is 6.91. The van der Waals surface area contributed by atoms with E-state index in [0.29, 0.717) is 0 Å². The normalized spacial score (nSPS) is 19.7. The molecule has 1 atom stereocenters. The minimum absolute atomic E-state index is 0.112. The smallest absolute Gasteiger partial charge is 0.0871 e. The molecule has 100 valence electrons. The maximum Gasteiger partial charge on any atom is 0.0871 e. The van der Waals surface area contributed by atoms with Crippen LogP contribution in [0.4, 0.5) is 0 Å². The SMILES string of the molecule is COC1(C(N)c2cccc3cccnc23)CCCC1. The first-order valence-electron chi connectivity index (χ1n) is 6.91. The van der Waals surface area contributed by atoms with Crippen LogP contribution in [-0.2, 0) is 4.74 Å². The molecular formula is C16H20N2O. The van der Waals surface area contributed by atoms with E-state index in [2.05, 4.69) is 29.2 Å². The number of nitrogens with two attached hydrogens (primary N) is 1. The number of pyridine rings is 1. The van der Waals surface area contributed by atoms with Crippen LogP contribution in [0, 0.1) is 0 Å². The standard InChI is InChI=1S/C16H20N2O/c1-19-16(9-2-3-10-16)15(17)13-8-4-6-12-7-5-11-18-14(12)13/h4-8,11,15H,2-3,9-10,17H2,1H3. The van der Waals surface area contributed by atoms with Crippen LogP contribution in [0.2, 0.25) is 0 Å². The van der Waals surface area contributed by atoms with E-state index >= 15 is 0 Å². The molecule has 0 radical (unpaired) electrons. The largest absolute Gasteiger partial charge is 0.376 e. The van der Waals surface area contributed by atoms with Crippen molar-refractivity contribution < 1.29 is 4.74 Å². The Morgan fingerprint density at radius 1 is 1.21 bits per heavy atom. The van der Waals surface area contributed by atoms with E-state index in [1.165, 1.54) is 12.8 Å². The topological polar surface area (TPSA) is 48.1 Å². The van der Waals surface area contributed by atoms with Gasteiger partial charge in [0, 0.05) is 18.7 Å². The Bertz CT molecular complexity index is 570. The molecule has 1 aromatic carbocycles. The van der Waals surface area contributed by atoms with Gasteiger partial charge in [0.15, 0.2) is 0 Å². The molecule has 2 N–H and O–H groups in total. The van der Waals surface area contributed by atoms with Gasteiger partial charge in [0.25, 0.3) is 0 Å². The fraction of sp³-hybridized carbons (Fsp3) is 0.438. The van der Waals surface area contributed by atoms with Crippen molar-refractivity contribution in [3.8, 4) is 0 Å². The molecular weight excluding hydrogens is 236 g/mol. The number of rotatable bonds is 3. The molecule has 1 unspecified atom stereocenters. The van der Waals surface area contributed by atoms with Gasteiger partial charge in [-0.1, -0.05) is 37.1 Å². The molecule has 0 amide bonds. The number of methoxy groups -OCH3 is 1. The molecule has 1 fully saturated rings. The summed E-state index contributed by atoms with van der Waals surface area (Å²) in [6.45, 7) is 0. The van der Waals surface area contributed by atoms with E-state index in [1.807, 2.05) is 12.3 Å². The van der Waals surface area contributed by atoms with E-state index in [4.69, 9.17) is 10.5 Å². The van der Waals surface area contributed by atoms with E-state index in [9.17, 15) is 0 Å². The Balaban J connectivity index is 2.08. The highest BCUT2D eigenvalue weighted by Crippen LogP contribution is 2.42. The highest BCUT2D eigenvalue weighted by molar-refractivity contribution is 5.82. The number of para-hydroxylation sites is 1. The van der Waals surface area contributed by atoms with Crippen molar-refractivity contribution in [2.45, 2.75) is 37.3 Å². The van der Waals surface area contributed by atoms with Crippen LogP contribution in [0.3, 0.4) is 0 Å². The van der Waals surface area contributed by atoms with Crippen LogP contribution in [0.15, 0.2) is 36.5 Å². The van der Waals surface area contributed by atoms with E-state index < -0.39 is 0 Å². The van der Waals surface area contributed by atoms with Crippen molar-refractivity contribution in [2.75, 3.05) is 7.11 Å². The van der Waals surface area contributed by atoms with Gasteiger partial charge in [-0.05, 0) is 24.5 Å². The summed E-state index contributed by atoms with van der Waals surface area (Å²) in [6.07, 6.45) is 6.29. The molecule has 0 aliphatic heterocycles. The average Bonchev–Trinajstić information content (AvgIpc) is 2.96. The molecule has 2 aromatic rings. The van der Waals surface area contributed by atoms with Crippen LogP contribution < -0.4 is 5.73 Å². The molecule has 0 spiro atoms. The minimum Gasteiger partial charge on any atom is -0.376 e. The summed E-state index contributed by atoms with van der Waals surface area (Å²) in [7, 11) is 1.78. The second kappa shape index (κ2) is 4.91. The fourth-order valence-electron chi connectivity index (χ4n) is 3.28. The lowest BCUT2D eigenvalue weighted by Gasteiger charge is -2.34. The van der Waals surface area contributed by atoms with Crippen molar-refractivity contribution >= 4 is 10.9 Å². The van der Waals surface area contributed by atoms with Crippen molar-refractivity contribution in [2.24, 2.45) is 5.73 Å². The molecule has 1 heterocycles. The quantitative estimate of drug-likeness (QED) is 0.917. The van der Waals surface area contributed by atoms with Gasteiger partial charge in [-0.2, -0.15) is 0 Å². The van der Waals surface area contributed by atoms with Gasteiger partial charge < -0.3 is 10.5 Å². The zero-order chi connectivity index (χ0) is 13.3. The zero-order valence-corrected chi connectivity index (χ0v) is 11.3. The van der Waals surface area contributed by atoms with E-state index in [0.717, 1.165) is 29.3 Å². The molecule has 1 saturated carbocycles. The maximum atomic E-state index is 6.55. The van der Waals surface area contributed by atoms with Crippen LogP contribution in [0.5, 0.6) is 0 Å². The zero-order valence-electron chi connectivity index (χ0n) is 11.3. The molecule has 0 saturated heterocycles. The highest BCUT2D eigenvalue weighted by atomic mass is 16.5. The summed E-state index contributed by atoms with van der Waals surface area (Å²) in [4.78, 5) is 4.50. The molecule has 3 rings (SSSR count). The summed E-state index contributed by atoms with van der Waals surface area (Å²) in [5.41, 5.74) is 8.43. The predicted molar refractivity (Wildman–Crippen MR) is 76.9 cm³/mol. The van der Waals surface area contributed by atoms with Crippen LogP contribution in [0.25, 0.3) is 10.9 Å². The number of nitrogens with zero attached hydrogens (tertiary/aromatic N) is 1. The Morgan fingerprint density at radius 2 is 1.95 bits per heavy atom. The van der Waals surface area contributed by atoms with Gasteiger partial charge in [0.2, 0.25) is 0 Å². The van der Waals surface area contributed by atoms with Gasteiger partial charge in [0.1, 0.15) is 0 Å². The molecule has 1 aromatic heterocycles. The number of fused-ring (bicyclic) bond motifs is 1. The highest BCUT2D eigenvalue weighted by Gasteiger charge is 2.41. The average molecular weight is 256 g/mol. The van der Waals surface area contributed by atoms with Crippen molar-refractivity contribution in [1.82, 2.24) is 4.98 Å². The van der Waals surface area contributed by atoms with Gasteiger partial charge in [-0.15, -0.1) is 0 Å². The number of hydrogen-bond acceptors (Lipinski definition) is 3. The van der Waals surface area contributed by atoms with Gasteiger partial charge in [0.05, 0.1) is 17.2 Å². The van der Waals surface area contributed by atoms with Crippen molar-refractivity contribution in [3.63, 3.8) is 0 Å². The summed E-state index contributed by atoms with van der Waals surface area (Å²) in [5.74, 6) is 0. The third-order valence-electron chi connectivity index (χ3n) is 4.42. The monoisotopic (exact) mass is 256 g/mol. The van der Waals surface area contributed by atoms with Crippen LogP contribution in [0.1, 0.15) is 37.3 Å². The maximum absolute atomic E-state index is 6.55. The lowest BCUT2D eigenvalue weighted by atomic mass is 9.86. The minimum atomic E-state index is -0.216. The molecule has 1 aliphatic rings.